The SMILES string of the molecule is CCc1cccc(CC)c1NC(=O)C(=O)Nc1ccccc1. The number of benzene rings is 2. The van der Waals surface area contributed by atoms with Crippen molar-refractivity contribution in [2.75, 3.05) is 10.6 Å². The summed E-state index contributed by atoms with van der Waals surface area (Å²) in [6.45, 7) is 4.04. The maximum absolute atomic E-state index is 12.1. The van der Waals surface area contributed by atoms with Crippen LogP contribution in [0.25, 0.3) is 0 Å². The van der Waals surface area contributed by atoms with Crippen molar-refractivity contribution in [2.24, 2.45) is 0 Å². The van der Waals surface area contributed by atoms with Crippen molar-refractivity contribution in [3.63, 3.8) is 0 Å². The average Bonchev–Trinajstić information content (AvgIpc) is 2.55. The first-order valence-corrected chi connectivity index (χ1v) is 7.43. The summed E-state index contributed by atoms with van der Waals surface area (Å²) in [6.07, 6.45) is 1.59. The lowest BCUT2D eigenvalue weighted by Crippen LogP contribution is -2.29. The molecule has 0 unspecified atom stereocenters. The highest BCUT2D eigenvalue weighted by Crippen LogP contribution is 2.22. The highest BCUT2D eigenvalue weighted by molar-refractivity contribution is 6.43. The van der Waals surface area contributed by atoms with Gasteiger partial charge in [0.05, 0.1) is 0 Å². The lowest BCUT2D eigenvalue weighted by Gasteiger charge is -2.14. The Morgan fingerprint density at radius 1 is 0.773 bits per heavy atom. The molecule has 0 bridgehead atoms. The average molecular weight is 296 g/mol. The quantitative estimate of drug-likeness (QED) is 0.850. The number of hydrogen-bond acceptors (Lipinski definition) is 2. The van der Waals surface area contributed by atoms with Crippen molar-refractivity contribution < 1.29 is 9.59 Å². The van der Waals surface area contributed by atoms with Crippen molar-refractivity contribution in [1.29, 1.82) is 0 Å². The Labute approximate surface area is 130 Å². The van der Waals surface area contributed by atoms with Gasteiger partial charge >= 0.3 is 11.8 Å². The Balaban J connectivity index is 2.13. The monoisotopic (exact) mass is 296 g/mol. The number of hydrogen-bond donors (Lipinski definition) is 2. The zero-order valence-electron chi connectivity index (χ0n) is 12.8. The number of carbonyl (C=O) groups excluding carboxylic acids is 2. The van der Waals surface area contributed by atoms with E-state index in [1.165, 1.54) is 0 Å². The summed E-state index contributed by atoms with van der Waals surface area (Å²) in [5.41, 5.74) is 3.41. The van der Waals surface area contributed by atoms with E-state index in [1.807, 2.05) is 38.1 Å². The molecule has 114 valence electrons. The second kappa shape index (κ2) is 7.41. The lowest BCUT2D eigenvalue weighted by atomic mass is 10.0. The summed E-state index contributed by atoms with van der Waals surface area (Å²) < 4.78 is 0. The van der Waals surface area contributed by atoms with Crippen LogP contribution >= 0.6 is 0 Å². The van der Waals surface area contributed by atoms with E-state index in [1.54, 1.807) is 24.3 Å². The molecule has 4 heteroatoms. The molecular formula is C18H20N2O2. The van der Waals surface area contributed by atoms with E-state index >= 15 is 0 Å². The molecule has 0 spiro atoms. The number of rotatable bonds is 4. The van der Waals surface area contributed by atoms with Crippen molar-refractivity contribution in [3.8, 4) is 0 Å². The third-order valence-corrected chi connectivity index (χ3v) is 3.48. The van der Waals surface area contributed by atoms with E-state index < -0.39 is 11.8 Å². The second-order valence-electron chi connectivity index (χ2n) is 4.93. The van der Waals surface area contributed by atoms with Gasteiger partial charge in [0, 0.05) is 11.4 Å². The molecule has 0 aliphatic rings. The van der Waals surface area contributed by atoms with Gasteiger partial charge in [-0.1, -0.05) is 50.2 Å². The van der Waals surface area contributed by atoms with Crippen LogP contribution in [0.4, 0.5) is 11.4 Å². The van der Waals surface area contributed by atoms with Crippen LogP contribution in [0.1, 0.15) is 25.0 Å². The van der Waals surface area contributed by atoms with E-state index in [0.29, 0.717) is 5.69 Å². The standard InChI is InChI=1S/C18H20N2O2/c1-3-13-9-8-10-14(4-2)16(13)20-18(22)17(21)19-15-11-6-5-7-12-15/h5-12H,3-4H2,1-2H3,(H,19,21)(H,20,22). The largest absolute Gasteiger partial charge is 0.318 e. The molecule has 22 heavy (non-hydrogen) atoms. The third kappa shape index (κ3) is 3.73. The molecule has 2 aromatic carbocycles. The molecule has 0 radical (unpaired) electrons. The van der Waals surface area contributed by atoms with Gasteiger partial charge in [-0.2, -0.15) is 0 Å². The van der Waals surface area contributed by atoms with E-state index in [0.717, 1.165) is 29.7 Å². The number of para-hydroxylation sites is 2. The first-order chi connectivity index (χ1) is 10.7. The smallest absolute Gasteiger partial charge is 0.314 e. The van der Waals surface area contributed by atoms with E-state index in [9.17, 15) is 9.59 Å². The van der Waals surface area contributed by atoms with Gasteiger partial charge in [0.25, 0.3) is 0 Å². The molecule has 2 rings (SSSR count). The number of carbonyl (C=O) groups is 2. The van der Waals surface area contributed by atoms with E-state index in [4.69, 9.17) is 0 Å². The lowest BCUT2D eigenvalue weighted by molar-refractivity contribution is -0.133. The minimum Gasteiger partial charge on any atom is -0.318 e. The molecule has 0 saturated carbocycles. The van der Waals surface area contributed by atoms with Gasteiger partial charge < -0.3 is 10.6 Å². The third-order valence-electron chi connectivity index (χ3n) is 3.48. The van der Waals surface area contributed by atoms with Gasteiger partial charge in [-0.15, -0.1) is 0 Å². The minimum atomic E-state index is -0.667. The van der Waals surface area contributed by atoms with Crippen LogP contribution in [0.15, 0.2) is 48.5 Å². The van der Waals surface area contributed by atoms with Gasteiger partial charge in [0.15, 0.2) is 0 Å². The van der Waals surface area contributed by atoms with Crippen molar-refractivity contribution >= 4 is 23.2 Å². The van der Waals surface area contributed by atoms with Crippen molar-refractivity contribution in [2.45, 2.75) is 26.7 Å². The fourth-order valence-electron chi connectivity index (χ4n) is 2.28. The number of anilines is 2. The highest BCUT2D eigenvalue weighted by atomic mass is 16.2. The molecule has 2 aromatic rings. The first kappa shape index (κ1) is 15.8. The minimum absolute atomic E-state index is 0.599. The Hall–Kier alpha value is -2.62. The van der Waals surface area contributed by atoms with E-state index in [2.05, 4.69) is 10.6 Å². The van der Waals surface area contributed by atoms with Crippen LogP contribution < -0.4 is 10.6 Å². The van der Waals surface area contributed by atoms with Crippen molar-refractivity contribution in [1.82, 2.24) is 0 Å². The summed E-state index contributed by atoms with van der Waals surface area (Å²) in [7, 11) is 0. The molecule has 2 N–H and O–H groups in total. The number of amides is 2. The maximum atomic E-state index is 12.1. The normalized spacial score (nSPS) is 10.1. The fraction of sp³-hybridized carbons (Fsp3) is 0.222. The Kier molecular flexibility index (Phi) is 5.31. The van der Waals surface area contributed by atoms with Gasteiger partial charge in [-0.3, -0.25) is 9.59 Å². The summed E-state index contributed by atoms with van der Waals surface area (Å²) in [6, 6.07) is 14.8. The molecule has 0 heterocycles. The summed E-state index contributed by atoms with van der Waals surface area (Å²) in [5, 5.41) is 5.34. The molecule has 4 nitrogen and oxygen atoms in total. The van der Waals surface area contributed by atoms with Crippen LogP contribution in [0.2, 0.25) is 0 Å². The maximum Gasteiger partial charge on any atom is 0.314 e. The summed E-state index contributed by atoms with van der Waals surface area (Å²) >= 11 is 0. The molecule has 0 aliphatic heterocycles. The summed E-state index contributed by atoms with van der Waals surface area (Å²) in [5.74, 6) is -1.32. The number of nitrogens with one attached hydrogen (secondary N) is 2. The number of aryl methyl sites for hydroxylation is 2. The zero-order valence-corrected chi connectivity index (χ0v) is 12.8. The van der Waals surface area contributed by atoms with Gasteiger partial charge in [-0.25, -0.2) is 0 Å². The van der Waals surface area contributed by atoms with Crippen LogP contribution in [-0.4, -0.2) is 11.8 Å². The van der Waals surface area contributed by atoms with Crippen LogP contribution in [-0.2, 0) is 22.4 Å². The molecule has 0 saturated heterocycles. The molecule has 0 atom stereocenters. The Morgan fingerprint density at radius 2 is 1.32 bits per heavy atom. The van der Waals surface area contributed by atoms with Crippen LogP contribution in [0, 0.1) is 0 Å². The van der Waals surface area contributed by atoms with Gasteiger partial charge in [-0.05, 0) is 36.1 Å². The molecular weight excluding hydrogens is 276 g/mol. The predicted molar refractivity (Wildman–Crippen MR) is 88.9 cm³/mol. The summed E-state index contributed by atoms with van der Waals surface area (Å²) in [4.78, 5) is 24.1. The molecule has 0 aliphatic carbocycles. The fourth-order valence-corrected chi connectivity index (χ4v) is 2.28. The first-order valence-electron chi connectivity index (χ1n) is 7.43. The zero-order chi connectivity index (χ0) is 15.9. The Bertz CT molecular complexity index is 644. The second-order valence-corrected chi connectivity index (χ2v) is 4.93. The Morgan fingerprint density at radius 3 is 1.86 bits per heavy atom. The van der Waals surface area contributed by atoms with Gasteiger partial charge in [0.1, 0.15) is 0 Å². The predicted octanol–water partition coefficient (Wildman–Crippen LogP) is 3.39. The highest BCUT2D eigenvalue weighted by Gasteiger charge is 2.17. The van der Waals surface area contributed by atoms with Crippen molar-refractivity contribution in [3.05, 3.63) is 59.7 Å². The van der Waals surface area contributed by atoms with Crippen LogP contribution in [0.3, 0.4) is 0 Å². The molecule has 0 fully saturated rings. The van der Waals surface area contributed by atoms with Crippen LogP contribution in [0.5, 0.6) is 0 Å². The topological polar surface area (TPSA) is 58.2 Å². The molecule has 0 aromatic heterocycles. The van der Waals surface area contributed by atoms with E-state index in [-0.39, 0.29) is 0 Å². The van der Waals surface area contributed by atoms with Gasteiger partial charge in [0.2, 0.25) is 0 Å². The molecule has 2 amide bonds.